The Morgan fingerprint density at radius 2 is 2.04 bits per heavy atom. The summed E-state index contributed by atoms with van der Waals surface area (Å²) in [7, 11) is 1.56. The molecule has 3 aromatic rings. The average molecular weight is 353 g/mol. The molecule has 0 aliphatic rings. The Kier molecular flexibility index (Phi) is 5.49. The lowest BCUT2D eigenvalue weighted by atomic mass is 10.2. The molecule has 26 heavy (non-hydrogen) atoms. The first-order valence-electron chi connectivity index (χ1n) is 7.98. The smallest absolute Gasteiger partial charge is 0.230 e. The van der Waals surface area contributed by atoms with E-state index < -0.39 is 6.10 Å². The number of methoxy groups -OCH3 is 1. The van der Waals surface area contributed by atoms with Gasteiger partial charge in [0.15, 0.2) is 5.82 Å². The normalized spacial score (nSPS) is 11.7. The van der Waals surface area contributed by atoms with E-state index in [0.29, 0.717) is 30.0 Å². The predicted octanol–water partition coefficient (Wildman–Crippen LogP) is 1.87. The molecule has 9 heteroatoms. The summed E-state index contributed by atoms with van der Waals surface area (Å²) in [6, 6.07) is 7.19. The number of pyridine rings is 2. The van der Waals surface area contributed by atoms with Crippen LogP contribution in [0.15, 0.2) is 43.0 Å². The Hall–Kier alpha value is -3.33. The molecular weight excluding hydrogens is 334 g/mol. The lowest BCUT2D eigenvalue weighted by Gasteiger charge is -2.09. The number of nitrogens with one attached hydrogen (secondary N) is 2. The second kappa shape index (κ2) is 8.17. The van der Waals surface area contributed by atoms with Gasteiger partial charge in [-0.1, -0.05) is 0 Å². The van der Waals surface area contributed by atoms with Crippen molar-refractivity contribution in [1.82, 2.24) is 24.9 Å². The first-order valence-corrected chi connectivity index (χ1v) is 7.98. The molecule has 0 saturated carbocycles. The van der Waals surface area contributed by atoms with Crippen molar-refractivity contribution in [3.63, 3.8) is 0 Å². The van der Waals surface area contributed by atoms with E-state index in [1.54, 1.807) is 32.5 Å². The topological polar surface area (TPSA) is 118 Å². The van der Waals surface area contributed by atoms with Crippen molar-refractivity contribution >= 4 is 17.5 Å². The number of hydrogen-bond donors (Lipinski definition) is 3. The third kappa shape index (κ3) is 4.61. The number of aliphatic hydroxyl groups excluding tert-OH is 1. The zero-order valence-electron chi connectivity index (χ0n) is 14.4. The van der Waals surface area contributed by atoms with Crippen LogP contribution in [-0.2, 0) is 0 Å². The largest absolute Gasteiger partial charge is 0.481 e. The number of anilines is 3. The van der Waals surface area contributed by atoms with Gasteiger partial charge >= 0.3 is 0 Å². The Labute approximate surface area is 150 Å². The van der Waals surface area contributed by atoms with Gasteiger partial charge in [0.25, 0.3) is 0 Å². The van der Waals surface area contributed by atoms with E-state index in [1.807, 2.05) is 18.2 Å². The van der Waals surface area contributed by atoms with E-state index in [1.165, 1.54) is 6.33 Å². The molecule has 3 N–H and O–H groups in total. The highest BCUT2D eigenvalue weighted by molar-refractivity contribution is 5.61. The second-order valence-corrected chi connectivity index (χ2v) is 5.51. The SMILES string of the molecule is COc1ccc(Nc2ncnc(-c3ccnc(NCC(C)O)c3)n2)cn1. The maximum Gasteiger partial charge on any atom is 0.230 e. The van der Waals surface area contributed by atoms with Gasteiger partial charge in [-0.25, -0.2) is 19.9 Å². The Balaban J connectivity index is 1.77. The van der Waals surface area contributed by atoms with Gasteiger partial charge in [-0.05, 0) is 25.1 Å². The third-order valence-electron chi connectivity index (χ3n) is 3.37. The standard InChI is InChI=1S/C17H19N7O2/c1-11(25)8-19-14-7-12(5-6-18-14)16-21-10-22-17(24-16)23-13-3-4-15(26-2)20-9-13/h3-7,9-11,25H,8H2,1-2H3,(H,18,19)(H,21,22,23,24). The molecule has 134 valence electrons. The van der Waals surface area contributed by atoms with Gasteiger partial charge < -0.3 is 20.5 Å². The van der Waals surface area contributed by atoms with E-state index >= 15 is 0 Å². The molecule has 1 atom stereocenters. The van der Waals surface area contributed by atoms with Crippen molar-refractivity contribution in [3.8, 4) is 17.3 Å². The van der Waals surface area contributed by atoms with Crippen molar-refractivity contribution in [2.75, 3.05) is 24.3 Å². The van der Waals surface area contributed by atoms with Crippen LogP contribution in [0.25, 0.3) is 11.4 Å². The van der Waals surface area contributed by atoms with Crippen molar-refractivity contribution in [3.05, 3.63) is 43.0 Å². The molecule has 0 aliphatic carbocycles. The highest BCUT2D eigenvalue weighted by Crippen LogP contribution is 2.19. The number of rotatable bonds is 7. The summed E-state index contributed by atoms with van der Waals surface area (Å²) in [4.78, 5) is 21.1. The first-order chi connectivity index (χ1) is 12.6. The Morgan fingerprint density at radius 3 is 2.77 bits per heavy atom. The lowest BCUT2D eigenvalue weighted by molar-refractivity contribution is 0.208. The highest BCUT2D eigenvalue weighted by atomic mass is 16.5. The van der Waals surface area contributed by atoms with Gasteiger partial charge in [0, 0.05) is 24.4 Å². The monoisotopic (exact) mass is 353 g/mol. The molecule has 0 aromatic carbocycles. The van der Waals surface area contributed by atoms with Crippen molar-refractivity contribution in [2.45, 2.75) is 13.0 Å². The fraction of sp³-hybridized carbons (Fsp3) is 0.235. The summed E-state index contributed by atoms with van der Waals surface area (Å²) in [5, 5.41) is 15.5. The molecule has 3 heterocycles. The number of aliphatic hydroxyl groups is 1. The van der Waals surface area contributed by atoms with Crippen LogP contribution in [0, 0.1) is 0 Å². The predicted molar refractivity (Wildman–Crippen MR) is 97.3 cm³/mol. The molecule has 0 aliphatic heterocycles. The Morgan fingerprint density at radius 1 is 1.15 bits per heavy atom. The van der Waals surface area contributed by atoms with Gasteiger partial charge in [0.2, 0.25) is 11.8 Å². The minimum absolute atomic E-state index is 0.400. The summed E-state index contributed by atoms with van der Waals surface area (Å²) < 4.78 is 5.03. The van der Waals surface area contributed by atoms with Crippen molar-refractivity contribution in [2.24, 2.45) is 0 Å². The highest BCUT2D eigenvalue weighted by Gasteiger charge is 2.07. The zero-order valence-corrected chi connectivity index (χ0v) is 14.4. The summed E-state index contributed by atoms with van der Waals surface area (Å²) in [6.07, 6.45) is 4.26. The van der Waals surface area contributed by atoms with Gasteiger partial charge in [0.05, 0.1) is 25.1 Å². The zero-order chi connectivity index (χ0) is 18.4. The average Bonchev–Trinajstić information content (AvgIpc) is 2.67. The lowest BCUT2D eigenvalue weighted by Crippen LogP contribution is -2.15. The molecule has 0 radical (unpaired) electrons. The molecule has 0 fully saturated rings. The quantitative estimate of drug-likeness (QED) is 0.585. The van der Waals surface area contributed by atoms with Gasteiger partial charge in [-0.15, -0.1) is 0 Å². The van der Waals surface area contributed by atoms with Crippen LogP contribution in [0.2, 0.25) is 0 Å². The van der Waals surface area contributed by atoms with Crippen LogP contribution in [0.4, 0.5) is 17.5 Å². The second-order valence-electron chi connectivity index (χ2n) is 5.51. The van der Waals surface area contributed by atoms with E-state index in [2.05, 4.69) is 35.6 Å². The summed E-state index contributed by atoms with van der Waals surface area (Å²) in [5.41, 5.74) is 1.52. The molecule has 0 spiro atoms. The number of ether oxygens (including phenoxy) is 1. The minimum Gasteiger partial charge on any atom is -0.481 e. The van der Waals surface area contributed by atoms with Crippen LogP contribution in [0.5, 0.6) is 5.88 Å². The molecule has 9 nitrogen and oxygen atoms in total. The van der Waals surface area contributed by atoms with E-state index in [4.69, 9.17) is 4.74 Å². The maximum absolute atomic E-state index is 9.37. The first kappa shape index (κ1) is 17.5. The summed E-state index contributed by atoms with van der Waals surface area (Å²) in [6.45, 7) is 2.11. The molecule has 0 saturated heterocycles. The number of hydrogen-bond acceptors (Lipinski definition) is 9. The van der Waals surface area contributed by atoms with Crippen LogP contribution in [0.1, 0.15) is 6.92 Å². The van der Waals surface area contributed by atoms with E-state index in [9.17, 15) is 5.11 Å². The van der Waals surface area contributed by atoms with Crippen LogP contribution in [-0.4, -0.2) is 49.8 Å². The molecule has 0 bridgehead atoms. The molecule has 3 rings (SSSR count). The number of nitrogens with zero attached hydrogens (tertiary/aromatic N) is 5. The molecule has 1 unspecified atom stereocenters. The van der Waals surface area contributed by atoms with Crippen LogP contribution >= 0.6 is 0 Å². The molecular formula is C17H19N7O2. The van der Waals surface area contributed by atoms with Gasteiger partial charge in [-0.2, -0.15) is 4.98 Å². The number of aromatic nitrogens is 5. The van der Waals surface area contributed by atoms with Gasteiger partial charge in [-0.3, -0.25) is 0 Å². The van der Waals surface area contributed by atoms with Crippen molar-refractivity contribution < 1.29 is 9.84 Å². The molecule has 0 amide bonds. The van der Waals surface area contributed by atoms with Crippen LogP contribution in [0.3, 0.4) is 0 Å². The Bertz CT molecular complexity index is 856. The molecule has 3 aromatic heterocycles. The summed E-state index contributed by atoms with van der Waals surface area (Å²) in [5.74, 6) is 2.07. The minimum atomic E-state index is -0.466. The maximum atomic E-state index is 9.37. The summed E-state index contributed by atoms with van der Waals surface area (Å²) >= 11 is 0. The van der Waals surface area contributed by atoms with Gasteiger partial charge in [0.1, 0.15) is 12.1 Å². The third-order valence-corrected chi connectivity index (χ3v) is 3.37. The van der Waals surface area contributed by atoms with E-state index in [0.717, 1.165) is 11.3 Å². The van der Waals surface area contributed by atoms with E-state index in [-0.39, 0.29) is 0 Å². The fourth-order valence-electron chi connectivity index (χ4n) is 2.12. The van der Waals surface area contributed by atoms with Crippen molar-refractivity contribution in [1.29, 1.82) is 0 Å². The van der Waals surface area contributed by atoms with Crippen LogP contribution < -0.4 is 15.4 Å². The fourth-order valence-corrected chi connectivity index (χ4v) is 2.12.